The zero-order valence-electron chi connectivity index (χ0n) is 9.22. The molecule has 14 nitrogen and oxygen atoms in total. The SMILES string of the molecule is [In+3].[In+3].[In+3].[O-2].[O-2].[O-2].[O-2].[O-2].[O-2].[O-2].[OH-].[OH-].[OH-].[OH-].[OH-].[OH-].[OH-].[Sn+4].[Sn+4].[Sn+4]. The zero-order valence-corrected chi connectivity index (χ0v) is 27.7. The van der Waals surface area contributed by atoms with Gasteiger partial charge in [0, 0.05) is 0 Å². The molecular weight excluding hydrogens is 925 g/mol. The van der Waals surface area contributed by atoms with Crippen molar-refractivity contribution in [3.8, 4) is 0 Å². The summed E-state index contributed by atoms with van der Waals surface area (Å²) in [4.78, 5) is 0. The van der Waals surface area contributed by atoms with Gasteiger partial charge in [-0.2, -0.15) is 0 Å². The molecule has 7 N–H and O–H groups in total. The van der Waals surface area contributed by atoms with Gasteiger partial charge in [0.25, 0.3) is 0 Å². The van der Waals surface area contributed by atoms with Gasteiger partial charge >= 0.3 is 149 Å². The van der Waals surface area contributed by atoms with Crippen molar-refractivity contribution in [3.63, 3.8) is 0 Å². The predicted octanol–water partition coefficient (Wildman–Crippen LogP) is -4.35. The van der Waals surface area contributed by atoms with Crippen LogP contribution >= 0.6 is 0 Å². The van der Waals surface area contributed by atoms with Crippen LogP contribution in [0.5, 0.6) is 0 Å². The second kappa shape index (κ2) is 598. The fourth-order valence-corrected chi connectivity index (χ4v) is 0. The van der Waals surface area contributed by atoms with E-state index in [1.54, 1.807) is 0 Å². The van der Waals surface area contributed by atoms with Crippen molar-refractivity contribution in [2.75, 3.05) is 0 Å². The van der Waals surface area contributed by atoms with Gasteiger partial charge in [-0.3, -0.25) is 0 Å². The minimum Gasteiger partial charge on any atom is -2.00 e. The molecule has 0 aromatic heterocycles. The Morgan fingerprint density at radius 2 is 0.200 bits per heavy atom. The third-order valence-electron chi connectivity index (χ3n) is 0. The van der Waals surface area contributed by atoms with Gasteiger partial charge in [-0.25, -0.2) is 0 Å². The Hall–Kier alpha value is 4.45. The minimum atomic E-state index is 0. The number of rotatable bonds is 0. The summed E-state index contributed by atoms with van der Waals surface area (Å²) in [5.74, 6) is 0. The van der Waals surface area contributed by atoms with Crippen molar-refractivity contribution in [3.05, 3.63) is 0 Å². The molecule has 0 radical (unpaired) electrons. The van der Waals surface area contributed by atoms with Gasteiger partial charge in [0.2, 0.25) is 0 Å². The quantitative estimate of drug-likeness (QED) is 0.215. The van der Waals surface area contributed by atoms with Crippen LogP contribution in [-0.2, 0) is 38.3 Å². The fourth-order valence-electron chi connectivity index (χ4n) is 0. The Morgan fingerprint density at radius 3 is 0.200 bits per heavy atom. The molecule has 0 aliphatic carbocycles. The van der Waals surface area contributed by atoms with Crippen LogP contribution in [0.15, 0.2) is 0 Å². The fraction of sp³-hybridized carbons (Fsp3) is 0. The second-order valence-corrected chi connectivity index (χ2v) is 0. The Labute approximate surface area is 222 Å². The van der Waals surface area contributed by atoms with E-state index in [0.717, 1.165) is 0 Å². The van der Waals surface area contributed by atoms with Gasteiger partial charge in [-0.15, -0.1) is 0 Å². The summed E-state index contributed by atoms with van der Waals surface area (Å²) >= 11 is 0. The molecule has 0 aliphatic heterocycles. The van der Waals surface area contributed by atoms with E-state index in [9.17, 15) is 0 Å². The molecule has 0 saturated carbocycles. The van der Waals surface area contributed by atoms with Crippen molar-refractivity contribution in [2.45, 2.75) is 0 Å². The van der Waals surface area contributed by atoms with Gasteiger partial charge in [0.15, 0.2) is 0 Å². The van der Waals surface area contributed by atoms with E-state index >= 15 is 0 Å². The molecule has 0 aromatic rings. The van der Waals surface area contributed by atoms with Crippen LogP contribution in [-0.4, -0.2) is 188 Å². The Balaban J connectivity index is 0. The third kappa shape index (κ3) is 522. The first-order valence-electron chi connectivity index (χ1n) is 0. The molecule has 0 amide bonds. The van der Waals surface area contributed by atoms with Crippen LogP contribution in [0.1, 0.15) is 0 Å². The van der Waals surface area contributed by atoms with E-state index in [1.165, 1.54) is 0 Å². The van der Waals surface area contributed by atoms with E-state index in [1.807, 2.05) is 0 Å². The van der Waals surface area contributed by atoms with Crippen molar-refractivity contribution in [1.29, 1.82) is 0 Å². The molecule has 112 valence electrons. The maximum Gasteiger partial charge on any atom is 4.00 e. The van der Waals surface area contributed by atoms with Crippen molar-refractivity contribution >= 4 is 149 Å². The topological polar surface area (TPSA) is 410 Å². The summed E-state index contributed by atoms with van der Waals surface area (Å²) < 4.78 is 0. The van der Waals surface area contributed by atoms with Crippen molar-refractivity contribution < 1.29 is 76.7 Å². The van der Waals surface area contributed by atoms with Crippen LogP contribution in [0.25, 0.3) is 0 Å². The van der Waals surface area contributed by atoms with E-state index in [4.69, 9.17) is 0 Å². The van der Waals surface area contributed by atoms with E-state index in [0.29, 0.717) is 0 Å². The van der Waals surface area contributed by atoms with Gasteiger partial charge < -0.3 is 76.7 Å². The zero-order chi connectivity index (χ0) is 0. The normalized spacial score (nSPS) is 0. The number of hydrogen-bond donors (Lipinski definition) is 0. The standard InChI is InChI=1S/3In.7H2O.7O.3Sn/h;;;7*1H2;;;;;;;;;;/q3*+3;;;;;;;;7*-2;3*+4/p-7. The average molecular weight is 932 g/mol. The molecule has 0 saturated heterocycles. The second-order valence-electron chi connectivity index (χ2n) is 0. The maximum absolute atomic E-state index is 0. The van der Waals surface area contributed by atoms with E-state index in [-0.39, 0.29) is 226 Å². The van der Waals surface area contributed by atoms with Gasteiger partial charge in [0.1, 0.15) is 0 Å². The predicted molar refractivity (Wildman–Crippen MR) is 52.9 cm³/mol. The molecule has 20 heavy (non-hydrogen) atoms. The molecule has 0 aromatic carbocycles. The molecule has 0 bridgehead atoms. The monoisotopic (exact) mass is 935 g/mol. The summed E-state index contributed by atoms with van der Waals surface area (Å²) in [7, 11) is 0. The number of hydrogen-bond acceptors (Lipinski definition) is 7. The van der Waals surface area contributed by atoms with Gasteiger partial charge in [-0.1, -0.05) is 0 Å². The van der Waals surface area contributed by atoms with Crippen LogP contribution in [0.3, 0.4) is 0 Å². The van der Waals surface area contributed by atoms with E-state index < -0.39 is 0 Å². The van der Waals surface area contributed by atoms with E-state index in [2.05, 4.69) is 0 Å². The van der Waals surface area contributed by atoms with Gasteiger partial charge in [0.05, 0.1) is 0 Å². The van der Waals surface area contributed by atoms with Crippen LogP contribution < -0.4 is 0 Å². The molecule has 0 spiro atoms. The van der Waals surface area contributed by atoms with Gasteiger partial charge in [-0.05, 0) is 0 Å². The molecular formula is H7In3O14Sn3. The molecule has 0 fully saturated rings. The van der Waals surface area contributed by atoms with Crippen LogP contribution in [0, 0.1) is 0 Å². The summed E-state index contributed by atoms with van der Waals surface area (Å²) in [5, 5.41) is 0. The minimum absolute atomic E-state index is 0. The summed E-state index contributed by atoms with van der Waals surface area (Å²) in [5.41, 5.74) is 0. The average Bonchev–Trinajstić information content (AvgIpc) is 0. The van der Waals surface area contributed by atoms with Crippen LogP contribution in [0.4, 0.5) is 0 Å². The van der Waals surface area contributed by atoms with Crippen LogP contribution in [0.2, 0.25) is 0 Å². The molecule has 0 atom stereocenters. The Morgan fingerprint density at radius 1 is 0.200 bits per heavy atom. The maximum atomic E-state index is 0. The smallest absolute Gasteiger partial charge is 2.00 e. The largest absolute Gasteiger partial charge is 4.00 e. The first-order valence-corrected chi connectivity index (χ1v) is 0. The third-order valence-corrected chi connectivity index (χ3v) is 0. The Kier molecular flexibility index (Phi) is 20300. The molecule has 0 unspecified atom stereocenters. The first-order chi connectivity index (χ1) is 0. The van der Waals surface area contributed by atoms with Crippen molar-refractivity contribution in [2.24, 2.45) is 0 Å². The Bertz CT molecular complexity index is 23.6. The molecule has 20 heteroatoms. The summed E-state index contributed by atoms with van der Waals surface area (Å²) in [6, 6.07) is 0. The molecule has 0 aliphatic rings. The van der Waals surface area contributed by atoms with Crippen molar-refractivity contribution in [1.82, 2.24) is 0 Å². The molecule has 0 heterocycles. The summed E-state index contributed by atoms with van der Waals surface area (Å²) in [6.45, 7) is 0. The summed E-state index contributed by atoms with van der Waals surface area (Å²) in [6.07, 6.45) is 0. The first kappa shape index (κ1) is 680. The molecule has 0 rings (SSSR count).